The van der Waals surface area contributed by atoms with Gasteiger partial charge in [0.1, 0.15) is 0 Å². The smallest absolute Gasteiger partial charge is 0.312 e. The molecule has 0 saturated heterocycles. The molecule has 0 aliphatic heterocycles. The van der Waals surface area contributed by atoms with Crippen LogP contribution in [0.15, 0.2) is 46.2 Å². The number of carbonyl (C=O) groups excluding carboxylic acids is 1. The second-order valence-corrected chi connectivity index (χ2v) is 4.52. The SMILES string of the molecule is Cn1ccn(CC(=O)c2cccc(Cl)c2)c(=O)c1=O. The van der Waals surface area contributed by atoms with Crippen molar-refractivity contribution >= 4 is 17.4 Å². The first-order chi connectivity index (χ1) is 8.99. The molecule has 1 aromatic carbocycles. The van der Waals surface area contributed by atoms with E-state index in [0.29, 0.717) is 10.6 Å². The minimum absolute atomic E-state index is 0.185. The Kier molecular flexibility index (Phi) is 3.66. The fourth-order valence-electron chi connectivity index (χ4n) is 1.62. The van der Waals surface area contributed by atoms with Crippen molar-refractivity contribution in [3.63, 3.8) is 0 Å². The molecule has 6 heteroatoms. The van der Waals surface area contributed by atoms with E-state index in [1.165, 1.54) is 30.1 Å². The summed E-state index contributed by atoms with van der Waals surface area (Å²) in [7, 11) is 1.48. The highest BCUT2D eigenvalue weighted by Gasteiger charge is 2.10. The fraction of sp³-hybridized carbons (Fsp3) is 0.154. The highest BCUT2D eigenvalue weighted by Crippen LogP contribution is 2.11. The van der Waals surface area contributed by atoms with Crippen LogP contribution in [-0.2, 0) is 13.6 Å². The van der Waals surface area contributed by atoms with Crippen LogP contribution >= 0.6 is 11.6 Å². The van der Waals surface area contributed by atoms with E-state index in [0.717, 1.165) is 4.57 Å². The Morgan fingerprint density at radius 1 is 1.21 bits per heavy atom. The van der Waals surface area contributed by atoms with E-state index in [2.05, 4.69) is 0 Å². The molecule has 2 rings (SSSR count). The molecule has 0 fully saturated rings. The summed E-state index contributed by atoms with van der Waals surface area (Å²) in [5, 5.41) is 0.446. The largest absolute Gasteiger partial charge is 0.316 e. The highest BCUT2D eigenvalue weighted by molar-refractivity contribution is 6.31. The van der Waals surface area contributed by atoms with Gasteiger partial charge in [0.05, 0.1) is 6.54 Å². The van der Waals surface area contributed by atoms with Gasteiger partial charge in [-0.15, -0.1) is 0 Å². The van der Waals surface area contributed by atoms with Crippen LogP contribution in [-0.4, -0.2) is 14.9 Å². The summed E-state index contributed by atoms with van der Waals surface area (Å²) in [5.41, 5.74) is -0.984. The third kappa shape index (κ3) is 2.82. The maximum Gasteiger partial charge on any atom is 0.316 e. The summed E-state index contributed by atoms with van der Waals surface area (Å²) in [6, 6.07) is 6.45. The lowest BCUT2D eigenvalue weighted by atomic mass is 10.1. The van der Waals surface area contributed by atoms with E-state index in [-0.39, 0.29) is 12.3 Å². The van der Waals surface area contributed by atoms with Crippen LogP contribution < -0.4 is 11.1 Å². The van der Waals surface area contributed by atoms with E-state index in [1.54, 1.807) is 18.2 Å². The summed E-state index contributed by atoms with van der Waals surface area (Å²) in [4.78, 5) is 35.1. The van der Waals surface area contributed by atoms with E-state index < -0.39 is 11.1 Å². The number of rotatable bonds is 3. The highest BCUT2D eigenvalue weighted by atomic mass is 35.5. The fourth-order valence-corrected chi connectivity index (χ4v) is 1.81. The van der Waals surface area contributed by atoms with Crippen LogP contribution in [0.2, 0.25) is 5.02 Å². The third-order valence-electron chi connectivity index (χ3n) is 2.69. The van der Waals surface area contributed by atoms with Crippen molar-refractivity contribution < 1.29 is 4.79 Å². The summed E-state index contributed by atoms with van der Waals surface area (Å²) in [6.07, 6.45) is 2.85. The van der Waals surface area contributed by atoms with Crippen molar-refractivity contribution in [3.8, 4) is 0 Å². The van der Waals surface area contributed by atoms with Gasteiger partial charge in [-0.05, 0) is 12.1 Å². The van der Waals surface area contributed by atoms with Crippen LogP contribution in [0, 0.1) is 0 Å². The lowest BCUT2D eigenvalue weighted by molar-refractivity contribution is 0.0970. The zero-order valence-electron chi connectivity index (χ0n) is 10.2. The van der Waals surface area contributed by atoms with Crippen molar-refractivity contribution in [2.45, 2.75) is 6.54 Å². The molecule has 0 aliphatic rings. The normalized spacial score (nSPS) is 10.4. The second kappa shape index (κ2) is 5.24. The third-order valence-corrected chi connectivity index (χ3v) is 2.93. The number of hydrogen-bond acceptors (Lipinski definition) is 3. The van der Waals surface area contributed by atoms with Gasteiger partial charge in [0.2, 0.25) is 0 Å². The predicted molar refractivity (Wildman–Crippen MR) is 71.7 cm³/mol. The maximum absolute atomic E-state index is 12.0. The van der Waals surface area contributed by atoms with Crippen molar-refractivity contribution in [1.29, 1.82) is 0 Å². The number of carbonyl (C=O) groups is 1. The Morgan fingerprint density at radius 2 is 1.95 bits per heavy atom. The summed E-state index contributed by atoms with van der Waals surface area (Å²) in [6.45, 7) is -0.185. The lowest BCUT2D eigenvalue weighted by Crippen LogP contribution is -2.40. The zero-order valence-corrected chi connectivity index (χ0v) is 10.9. The minimum atomic E-state index is -0.722. The molecule has 0 unspecified atom stereocenters. The molecular weight excluding hydrogens is 268 g/mol. The van der Waals surface area contributed by atoms with Crippen LogP contribution in [0.4, 0.5) is 0 Å². The van der Waals surface area contributed by atoms with Crippen molar-refractivity contribution in [1.82, 2.24) is 9.13 Å². The number of hydrogen-bond donors (Lipinski definition) is 0. The van der Waals surface area contributed by atoms with Gasteiger partial charge in [0.15, 0.2) is 5.78 Å². The Morgan fingerprint density at radius 3 is 2.63 bits per heavy atom. The number of aryl methyl sites for hydroxylation is 1. The van der Waals surface area contributed by atoms with Gasteiger partial charge in [-0.1, -0.05) is 23.7 Å². The molecule has 0 N–H and O–H groups in total. The lowest BCUT2D eigenvalue weighted by Gasteiger charge is -2.05. The summed E-state index contributed by atoms with van der Waals surface area (Å²) in [5.74, 6) is -0.280. The molecular formula is C13H11ClN2O3. The van der Waals surface area contributed by atoms with Crippen molar-refractivity contribution in [2.24, 2.45) is 7.05 Å². The number of nitrogens with zero attached hydrogens (tertiary/aromatic N) is 2. The maximum atomic E-state index is 12.0. The summed E-state index contributed by atoms with van der Waals surface area (Å²) >= 11 is 5.80. The standard InChI is InChI=1S/C13H11ClN2O3/c1-15-5-6-16(13(19)12(15)18)8-11(17)9-3-2-4-10(14)7-9/h2-7H,8H2,1H3. The van der Waals surface area contributed by atoms with E-state index >= 15 is 0 Å². The zero-order chi connectivity index (χ0) is 14.0. The molecule has 5 nitrogen and oxygen atoms in total. The first-order valence-electron chi connectivity index (χ1n) is 5.54. The predicted octanol–water partition coefficient (Wildman–Crippen LogP) is 1.08. The van der Waals surface area contributed by atoms with Gasteiger partial charge in [0, 0.05) is 30.0 Å². The number of Topliss-reactive ketones (excluding diaryl/α,β-unsaturated/α-hetero) is 1. The topological polar surface area (TPSA) is 61.1 Å². The number of halogens is 1. The molecule has 0 spiro atoms. The van der Waals surface area contributed by atoms with Gasteiger partial charge in [-0.2, -0.15) is 0 Å². The van der Waals surface area contributed by atoms with Crippen molar-refractivity contribution in [2.75, 3.05) is 0 Å². The summed E-state index contributed by atoms with van der Waals surface area (Å²) < 4.78 is 2.26. The Bertz CT molecular complexity index is 746. The molecule has 0 radical (unpaired) electrons. The molecule has 0 bridgehead atoms. The van der Waals surface area contributed by atoms with E-state index in [9.17, 15) is 14.4 Å². The van der Waals surface area contributed by atoms with Gasteiger partial charge in [-0.3, -0.25) is 14.4 Å². The van der Waals surface area contributed by atoms with Crippen LogP contribution in [0.5, 0.6) is 0 Å². The van der Waals surface area contributed by atoms with Gasteiger partial charge in [0.25, 0.3) is 0 Å². The number of benzene rings is 1. The van der Waals surface area contributed by atoms with Crippen molar-refractivity contribution in [3.05, 3.63) is 68.0 Å². The number of aromatic nitrogens is 2. The first kappa shape index (κ1) is 13.3. The number of ketones is 1. The molecule has 2 aromatic rings. The molecule has 98 valence electrons. The quantitative estimate of drug-likeness (QED) is 0.624. The van der Waals surface area contributed by atoms with E-state index in [1.807, 2.05) is 0 Å². The monoisotopic (exact) mass is 278 g/mol. The molecule has 0 amide bonds. The first-order valence-corrected chi connectivity index (χ1v) is 5.91. The van der Waals surface area contributed by atoms with E-state index in [4.69, 9.17) is 11.6 Å². The Labute approximate surface area is 113 Å². The van der Waals surface area contributed by atoms with Gasteiger partial charge in [-0.25, -0.2) is 0 Å². The Balaban J connectivity index is 2.32. The average Bonchev–Trinajstić information content (AvgIpc) is 2.39. The molecule has 1 heterocycles. The second-order valence-electron chi connectivity index (χ2n) is 4.08. The molecule has 0 aliphatic carbocycles. The van der Waals surface area contributed by atoms with Gasteiger partial charge < -0.3 is 9.13 Å². The average molecular weight is 279 g/mol. The molecule has 0 atom stereocenters. The molecule has 19 heavy (non-hydrogen) atoms. The van der Waals surface area contributed by atoms with Crippen LogP contribution in [0.3, 0.4) is 0 Å². The Hall–Kier alpha value is -2.14. The van der Waals surface area contributed by atoms with Gasteiger partial charge >= 0.3 is 11.1 Å². The van der Waals surface area contributed by atoms with Crippen LogP contribution in [0.1, 0.15) is 10.4 Å². The minimum Gasteiger partial charge on any atom is -0.312 e. The molecule has 0 saturated carbocycles. The molecule has 1 aromatic heterocycles. The van der Waals surface area contributed by atoms with Crippen LogP contribution in [0.25, 0.3) is 0 Å².